The molecule has 3 rings (SSSR count). The number of aromatic nitrogens is 2. The average Bonchev–Trinajstić information content (AvgIpc) is 3.29. The van der Waals surface area contributed by atoms with Crippen molar-refractivity contribution >= 4 is 23.2 Å². The lowest BCUT2D eigenvalue weighted by Crippen LogP contribution is -2.16. The van der Waals surface area contributed by atoms with E-state index in [2.05, 4.69) is 10.2 Å². The molecule has 6 heteroatoms. The van der Waals surface area contributed by atoms with E-state index in [0.717, 1.165) is 24.0 Å². The minimum Gasteiger partial charge on any atom is -0.465 e. The van der Waals surface area contributed by atoms with Gasteiger partial charge in [-0.1, -0.05) is 24.3 Å². The third-order valence-corrected chi connectivity index (χ3v) is 3.95. The molecule has 1 heterocycles. The van der Waals surface area contributed by atoms with Crippen LogP contribution in [-0.2, 0) is 5.60 Å². The summed E-state index contributed by atoms with van der Waals surface area (Å²) in [4.78, 5) is -0.528. The zero-order chi connectivity index (χ0) is 14.9. The smallest absolute Gasteiger partial charge is 0.234 e. The molecule has 0 bridgehead atoms. The van der Waals surface area contributed by atoms with Crippen molar-refractivity contribution in [3.05, 3.63) is 53.2 Å². The predicted octanol–water partition coefficient (Wildman–Crippen LogP) is 3.89. The van der Waals surface area contributed by atoms with Gasteiger partial charge in [-0.25, -0.2) is 0 Å². The van der Waals surface area contributed by atoms with Crippen LogP contribution in [0.2, 0.25) is 0 Å². The van der Waals surface area contributed by atoms with Crippen molar-refractivity contribution in [2.45, 2.75) is 23.3 Å². The Hall–Kier alpha value is -1.83. The molecule has 0 radical (unpaired) electrons. The molecule has 0 aliphatic heterocycles. The number of nitrogens with zero attached hydrogens (tertiary/aromatic N) is 3. The minimum absolute atomic E-state index is 0.270. The van der Waals surface area contributed by atoms with Crippen molar-refractivity contribution in [3.63, 3.8) is 0 Å². The summed E-state index contributed by atoms with van der Waals surface area (Å²) < 4.78 is 5.95. The highest BCUT2D eigenvalue weighted by molar-refractivity contribution is 6.44. The topological polar surface area (TPSA) is 58.8 Å². The van der Waals surface area contributed by atoms with Gasteiger partial charge in [0.2, 0.25) is 5.88 Å². The van der Waals surface area contributed by atoms with E-state index >= 15 is 0 Å². The highest BCUT2D eigenvalue weighted by Crippen LogP contribution is 2.49. The van der Waals surface area contributed by atoms with Gasteiger partial charge in [-0.05, 0) is 30.0 Å². The number of nitriles is 1. The highest BCUT2D eigenvalue weighted by Gasteiger charge is 2.47. The Morgan fingerprint density at radius 2 is 1.81 bits per heavy atom. The molecule has 0 amide bonds. The van der Waals surface area contributed by atoms with Gasteiger partial charge in [0, 0.05) is 6.07 Å². The summed E-state index contributed by atoms with van der Waals surface area (Å²) in [6, 6.07) is 12.9. The maximum absolute atomic E-state index is 8.71. The first kappa shape index (κ1) is 14.1. The van der Waals surface area contributed by atoms with Gasteiger partial charge in [0.05, 0.1) is 0 Å². The second-order valence-electron chi connectivity index (χ2n) is 4.89. The summed E-state index contributed by atoms with van der Waals surface area (Å²) in [5.41, 5.74) is 1.84. The van der Waals surface area contributed by atoms with Crippen LogP contribution in [0.4, 0.5) is 0 Å². The molecule has 1 saturated carbocycles. The summed E-state index contributed by atoms with van der Waals surface area (Å²) in [6.07, 6.45) is 1.83. The van der Waals surface area contributed by atoms with E-state index in [-0.39, 0.29) is 11.3 Å². The lowest BCUT2D eigenvalue weighted by Gasteiger charge is -2.18. The Morgan fingerprint density at radius 3 is 2.29 bits per heavy atom. The normalized spacial score (nSPS) is 15.5. The maximum atomic E-state index is 8.71. The first-order valence-electron chi connectivity index (χ1n) is 6.44. The Bertz CT molecular complexity index is 674. The number of ether oxygens (including phenoxy) is 1. The molecule has 0 spiro atoms. The van der Waals surface area contributed by atoms with E-state index in [0.29, 0.717) is 5.88 Å². The summed E-state index contributed by atoms with van der Waals surface area (Å²) >= 11 is 11.7. The number of rotatable bonds is 4. The molecule has 0 N–H and O–H groups in total. The van der Waals surface area contributed by atoms with Crippen LogP contribution < -0.4 is 4.74 Å². The van der Waals surface area contributed by atoms with Gasteiger partial charge in [-0.15, -0.1) is 33.4 Å². The van der Waals surface area contributed by atoms with Crippen molar-refractivity contribution < 1.29 is 4.74 Å². The monoisotopic (exact) mass is 319 g/mol. The average molecular weight is 320 g/mol. The quantitative estimate of drug-likeness (QED) is 0.802. The van der Waals surface area contributed by atoms with Crippen molar-refractivity contribution in [2.24, 2.45) is 0 Å². The number of hydrogen-bond acceptors (Lipinski definition) is 4. The largest absolute Gasteiger partial charge is 0.465 e. The van der Waals surface area contributed by atoms with Crippen LogP contribution >= 0.6 is 23.2 Å². The summed E-state index contributed by atoms with van der Waals surface area (Å²) in [7, 11) is 0. The Balaban J connectivity index is 1.79. The van der Waals surface area contributed by atoms with E-state index in [4.69, 9.17) is 33.2 Å². The van der Waals surface area contributed by atoms with Crippen LogP contribution in [0, 0.1) is 11.3 Å². The third kappa shape index (κ3) is 2.94. The summed E-state index contributed by atoms with van der Waals surface area (Å²) in [5, 5.41) is 16.4. The van der Waals surface area contributed by atoms with Gasteiger partial charge < -0.3 is 4.74 Å². The number of hydrogen-bond donors (Lipinski definition) is 0. The number of alkyl halides is 2. The minimum atomic E-state index is -0.528. The molecule has 0 saturated heterocycles. The van der Waals surface area contributed by atoms with Crippen molar-refractivity contribution in [3.8, 4) is 11.9 Å². The number of benzene rings is 1. The fourth-order valence-corrected chi connectivity index (χ4v) is 2.42. The van der Waals surface area contributed by atoms with Gasteiger partial charge in [-0.3, -0.25) is 0 Å². The Kier molecular flexibility index (Phi) is 3.71. The van der Waals surface area contributed by atoms with Crippen molar-refractivity contribution in [1.82, 2.24) is 10.2 Å². The molecule has 1 aliphatic rings. The van der Waals surface area contributed by atoms with Crippen LogP contribution in [0.5, 0.6) is 5.88 Å². The maximum Gasteiger partial charge on any atom is 0.234 e. The molecule has 1 aromatic carbocycles. The van der Waals surface area contributed by atoms with Crippen LogP contribution in [0.25, 0.3) is 0 Å². The highest BCUT2D eigenvalue weighted by atomic mass is 35.5. The van der Waals surface area contributed by atoms with Crippen molar-refractivity contribution in [2.75, 3.05) is 0 Å². The first-order chi connectivity index (χ1) is 10.1. The molecular formula is C15H11Cl2N3O. The number of halogens is 2. The molecule has 21 heavy (non-hydrogen) atoms. The lowest BCUT2D eigenvalue weighted by atomic mass is 10.1. The van der Waals surface area contributed by atoms with Crippen LogP contribution in [0.1, 0.15) is 34.5 Å². The molecule has 2 aromatic rings. The SMILES string of the molecule is N#Cc1ccc(OC2(c3ccc(C(Cl)Cl)cc3)CC2)nn1. The molecule has 1 aromatic heterocycles. The zero-order valence-corrected chi connectivity index (χ0v) is 12.5. The predicted molar refractivity (Wildman–Crippen MR) is 79.2 cm³/mol. The summed E-state index contributed by atoms with van der Waals surface area (Å²) in [5.74, 6) is 0.420. The molecule has 1 fully saturated rings. The molecule has 0 atom stereocenters. The lowest BCUT2D eigenvalue weighted by molar-refractivity contribution is 0.170. The molecular weight excluding hydrogens is 309 g/mol. The van der Waals surface area contributed by atoms with E-state index in [1.54, 1.807) is 12.1 Å². The van der Waals surface area contributed by atoms with Gasteiger partial charge in [0.1, 0.15) is 16.5 Å². The Morgan fingerprint density at radius 1 is 1.10 bits per heavy atom. The van der Waals surface area contributed by atoms with Gasteiger partial charge in [0.25, 0.3) is 0 Å². The van der Waals surface area contributed by atoms with Gasteiger partial charge >= 0.3 is 0 Å². The molecule has 0 unspecified atom stereocenters. The van der Waals surface area contributed by atoms with Crippen molar-refractivity contribution in [1.29, 1.82) is 5.26 Å². The molecule has 4 nitrogen and oxygen atoms in total. The third-order valence-electron chi connectivity index (χ3n) is 3.45. The van der Waals surface area contributed by atoms with Crippen LogP contribution in [0.3, 0.4) is 0 Å². The second kappa shape index (κ2) is 5.51. The zero-order valence-electron chi connectivity index (χ0n) is 11.0. The van der Waals surface area contributed by atoms with Crippen LogP contribution in [0.15, 0.2) is 36.4 Å². The van der Waals surface area contributed by atoms with E-state index in [1.807, 2.05) is 30.3 Å². The van der Waals surface area contributed by atoms with E-state index < -0.39 is 4.84 Å². The first-order valence-corrected chi connectivity index (χ1v) is 7.32. The Labute approximate surface area is 132 Å². The molecule has 1 aliphatic carbocycles. The fourth-order valence-electron chi connectivity index (χ4n) is 2.13. The van der Waals surface area contributed by atoms with Gasteiger partial charge in [-0.2, -0.15) is 5.26 Å². The van der Waals surface area contributed by atoms with Gasteiger partial charge in [0.15, 0.2) is 5.69 Å². The van der Waals surface area contributed by atoms with Crippen LogP contribution in [-0.4, -0.2) is 10.2 Å². The molecule has 106 valence electrons. The second-order valence-corrected chi connectivity index (χ2v) is 5.98. The van der Waals surface area contributed by atoms with E-state index in [1.165, 1.54) is 0 Å². The summed E-state index contributed by atoms with van der Waals surface area (Å²) in [6.45, 7) is 0. The fraction of sp³-hybridized carbons (Fsp3) is 0.267. The standard InChI is InChI=1S/C15H11Cl2N3O/c16-14(17)10-1-3-11(4-2-10)15(7-8-15)21-13-6-5-12(9-18)19-20-13/h1-6,14H,7-8H2. The van der Waals surface area contributed by atoms with E-state index in [9.17, 15) is 0 Å².